The second-order valence-electron chi connectivity index (χ2n) is 6.51. The number of likely N-dealkylation sites (N-methyl/N-ethyl adjacent to an activating group) is 1. The molecule has 3 rings (SSSR count). The van der Waals surface area contributed by atoms with E-state index in [1.807, 2.05) is 12.1 Å². The smallest absolute Gasteiger partial charge is 0.272 e. The van der Waals surface area contributed by atoms with Crippen LogP contribution in [0, 0.1) is 5.82 Å². The first kappa shape index (κ1) is 20.1. The number of hydrogen-bond donors (Lipinski definition) is 1. The van der Waals surface area contributed by atoms with Crippen LogP contribution < -0.4 is 5.32 Å². The van der Waals surface area contributed by atoms with E-state index < -0.39 is 5.91 Å². The Morgan fingerprint density at radius 1 is 1.00 bits per heavy atom. The van der Waals surface area contributed by atoms with Crippen LogP contribution in [0.1, 0.15) is 32.1 Å². The Bertz CT molecular complexity index is 995. The largest absolute Gasteiger partial charge is 0.347 e. The Morgan fingerprint density at radius 2 is 1.72 bits per heavy atom. The summed E-state index contributed by atoms with van der Waals surface area (Å²) in [6.07, 6.45) is 4.11. The third kappa shape index (κ3) is 5.44. The summed E-state index contributed by atoms with van der Waals surface area (Å²) in [6.45, 7) is 0.547. The number of carbonyl (C=O) groups is 2. The Morgan fingerprint density at radius 3 is 2.48 bits per heavy atom. The molecule has 0 bridgehead atoms. The van der Waals surface area contributed by atoms with Crippen LogP contribution in [-0.2, 0) is 13.0 Å². The molecule has 29 heavy (non-hydrogen) atoms. The van der Waals surface area contributed by atoms with Crippen molar-refractivity contribution in [2.75, 3.05) is 13.6 Å². The maximum atomic E-state index is 13.7. The molecular formula is C22H21FN4O2. The fourth-order valence-corrected chi connectivity index (χ4v) is 2.73. The number of hydrogen-bond acceptors (Lipinski definition) is 4. The van der Waals surface area contributed by atoms with Gasteiger partial charge in [-0.2, -0.15) is 0 Å². The van der Waals surface area contributed by atoms with Crippen LogP contribution in [0.25, 0.3) is 0 Å². The number of pyridine rings is 2. The summed E-state index contributed by atoms with van der Waals surface area (Å²) >= 11 is 0. The lowest BCUT2D eigenvalue weighted by Gasteiger charge is -2.17. The van der Waals surface area contributed by atoms with Crippen molar-refractivity contribution in [3.8, 4) is 0 Å². The Hall–Kier alpha value is -3.61. The average molecular weight is 392 g/mol. The molecule has 1 aromatic carbocycles. The molecule has 0 fully saturated rings. The first-order chi connectivity index (χ1) is 14.0. The molecule has 2 aromatic heterocycles. The molecule has 0 saturated carbocycles. The number of amides is 2. The zero-order valence-electron chi connectivity index (χ0n) is 16.0. The maximum Gasteiger partial charge on any atom is 0.272 e. The summed E-state index contributed by atoms with van der Waals surface area (Å²) in [5.74, 6) is -1.13. The monoisotopic (exact) mass is 392 g/mol. The van der Waals surface area contributed by atoms with Gasteiger partial charge in [0.2, 0.25) is 0 Å². The molecular weight excluding hydrogens is 371 g/mol. The summed E-state index contributed by atoms with van der Waals surface area (Å²) in [5, 5.41) is 2.63. The number of rotatable bonds is 7. The van der Waals surface area contributed by atoms with E-state index in [2.05, 4.69) is 15.3 Å². The van der Waals surface area contributed by atoms with Gasteiger partial charge in [-0.1, -0.05) is 24.3 Å². The SMILES string of the molecule is CN(CCc1ccncc1)C(=O)c1cccc(C(=O)NCc2ccccc2F)n1. The molecule has 7 heteroatoms. The molecule has 0 radical (unpaired) electrons. The maximum absolute atomic E-state index is 13.7. The van der Waals surface area contributed by atoms with Crippen molar-refractivity contribution in [3.05, 3.63) is 95.3 Å². The number of carbonyl (C=O) groups excluding carboxylic acids is 2. The molecule has 3 aromatic rings. The molecule has 0 saturated heterocycles. The minimum Gasteiger partial charge on any atom is -0.347 e. The molecule has 148 valence electrons. The Kier molecular flexibility index (Phi) is 6.63. The van der Waals surface area contributed by atoms with E-state index in [1.165, 1.54) is 12.1 Å². The molecule has 2 heterocycles. The van der Waals surface area contributed by atoms with Gasteiger partial charge >= 0.3 is 0 Å². The van der Waals surface area contributed by atoms with Gasteiger partial charge in [0, 0.05) is 38.1 Å². The first-order valence-corrected chi connectivity index (χ1v) is 9.17. The molecule has 0 atom stereocenters. The van der Waals surface area contributed by atoms with E-state index in [0.717, 1.165) is 5.56 Å². The van der Waals surface area contributed by atoms with E-state index in [-0.39, 0.29) is 29.7 Å². The normalized spacial score (nSPS) is 10.4. The topological polar surface area (TPSA) is 75.2 Å². The highest BCUT2D eigenvalue weighted by Gasteiger charge is 2.16. The fraction of sp³-hybridized carbons (Fsp3) is 0.182. The lowest BCUT2D eigenvalue weighted by molar-refractivity contribution is 0.0790. The van der Waals surface area contributed by atoms with Crippen molar-refractivity contribution < 1.29 is 14.0 Å². The van der Waals surface area contributed by atoms with Gasteiger partial charge in [0.15, 0.2) is 0 Å². The van der Waals surface area contributed by atoms with Gasteiger partial charge in [-0.05, 0) is 42.3 Å². The molecule has 2 amide bonds. The molecule has 0 aliphatic heterocycles. The van der Waals surface area contributed by atoms with Crippen molar-refractivity contribution in [2.45, 2.75) is 13.0 Å². The molecule has 0 aliphatic rings. The van der Waals surface area contributed by atoms with Crippen molar-refractivity contribution in [1.29, 1.82) is 0 Å². The lowest BCUT2D eigenvalue weighted by Crippen LogP contribution is -2.30. The predicted octanol–water partition coefficient (Wildman–Crippen LogP) is 2.86. The summed E-state index contributed by atoms with van der Waals surface area (Å²) in [6, 6.07) is 14.7. The highest BCUT2D eigenvalue weighted by atomic mass is 19.1. The Labute approximate surface area is 168 Å². The molecule has 6 nitrogen and oxygen atoms in total. The number of benzene rings is 1. The molecule has 1 N–H and O–H groups in total. The highest BCUT2D eigenvalue weighted by molar-refractivity contribution is 5.96. The quantitative estimate of drug-likeness (QED) is 0.671. The zero-order valence-corrected chi connectivity index (χ0v) is 16.0. The number of nitrogens with zero attached hydrogens (tertiary/aromatic N) is 3. The van der Waals surface area contributed by atoms with Crippen LogP contribution in [0.4, 0.5) is 4.39 Å². The predicted molar refractivity (Wildman–Crippen MR) is 107 cm³/mol. The fourth-order valence-electron chi connectivity index (χ4n) is 2.73. The van der Waals surface area contributed by atoms with Crippen molar-refractivity contribution in [2.24, 2.45) is 0 Å². The standard InChI is InChI=1S/C22H21FN4O2/c1-27(14-11-16-9-12-24-13-10-16)22(29)20-8-4-7-19(26-20)21(28)25-15-17-5-2-3-6-18(17)23/h2-10,12-13H,11,14-15H2,1H3,(H,25,28). The van der Waals surface area contributed by atoms with Gasteiger partial charge in [0.1, 0.15) is 17.2 Å². The lowest BCUT2D eigenvalue weighted by atomic mass is 10.2. The van der Waals surface area contributed by atoms with Crippen LogP contribution in [0.5, 0.6) is 0 Å². The second-order valence-corrected chi connectivity index (χ2v) is 6.51. The van der Waals surface area contributed by atoms with E-state index in [1.54, 1.807) is 54.7 Å². The van der Waals surface area contributed by atoms with Crippen LogP contribution in [-0.4, -0.2) is 40.3 Å². The summed E-state index contributed by atoms with van der Waals surface area (Å²) in [7, 11) is 1.69. The van der Waals surface area contributed by atoms with Gasteiger partial charge in [0.05, 0.1) is 0 Å². The highest BCUT2D eigenvalue weighted by Crippen LogP contribution is 2.08. The summed E-state index contributed by atoms with van der Waals surface area (Å²) in [4.78, 5) is 34.7. The number of halogens is 1. The van der Waals surface area contributed by atoms with E-state index in [0.29, 0.717) is 18.5 Å². The van der Waals surface area contributed by atoms with E-state index in [4.69, 9.17) is 0 Å². The van der Waals surface area contributed by atoms with Gasteiger partial charge in [-0.15, -0.1) is 0 Å². The summed E-state index contributed by atoms with van der Waals surface area (Å²) < 4.78 is 13.7. The number of aromatic nitrogens is 2. The van der Waals surface area contributed by atoms with Crippen molar-refractivity contribution in [3.63, 3.8) is 0 Å². The van der Waals surface area contributed by atoms with Crippen LogP contribution in [0.2, 0.25) is 0 Å². The Balaban J connectivity index is 1.61. The van der Waals surface area contributed by atoms with Gasteiger partial charge < -0.3 is 10.2 Å². The van der Waals surface area contributed by atoms with Crippen molar-refractivity contribution in [1.82, 2.24) is 20.2 Å². The first-order valence-electron chi connectivity index (χ1n) is 9.17. The van der Waals surface area contributed by atoms with Gasteiger partial charge in [0.25, 0.3) is 11.8 Å². The third-order valence-corrected chi connectivity index (χ3v) is 4.43. The van der Waals surface area contributed by atoms with Crippen LogP contribution >= 0.6 is 0 Å². The minimum atomic E-state index is -0.470. The molecule has 0 aliphatic carbocycles. The van der Waals surface area contributed by atoms with Gasteiger partial charge in [-0.25, -0.2) is 9.37 Å². The van der Waals surface area contributed by atoms with Gasteiger partial charge in [-0.3, -0.25) is 14.6 Å². The average Bonchev–Trinajstić information content (AvgIpc) is 2.77. The van der Waals surface area contributed by atoms with Crippen LogP contribution in [0.15, 0.2) is 67.0 Å². The summed E-state index contributed by atoms with van der Waals surface area (Å²) in [5.41, 5.74) is 1.74. The van der Waals surface area contributed by atoms with E-state index >= 15 is 0 Å². The zero-order chi connectivity index (χ0) is 20.6. The molecule has 0 spiro atoms. The van der Waals surface area contributed by atoms with Crippen molar-refractivity contribution >= 4 is 11.8 Å². The number of nitrogens with one attached hydrogen (secondary N) is 1. The van der Waals surface area contributed by atoms with Crippen LogP contribution in [0.3, 0.4) is 0 Å². The second kappa shape index (κ2) is 9.54. The minimum absolute atomic E-state index is 0.0389. The third-order valence-electron chi connectivity index (χ3n) is 4.43. The molecule has 0 unspecified atom stereocenters. The van der Waals surface area contributed by atoms with E-state index in [9.17, 15) is 14.0 Å².